The average molecular weight is 1070 g/mol. The Balaban J connectivity index is 0.966. The van der Waals surface area contributed by atoms with E-state index in [1.807, 2.05) is 0 Å². The normalized spacial score (nSPS) is 12.4. The highest BCUT2D eigenvalue weighted by molar-refractivity contribution is 7.00. The first-order valence-electron chi connectivity index (χ1n) is 29.3. The van der Waals surface area contributed by atoms with Gasteiger partial charge in [-0.15, -0.1) is 0 Å². The van der Waals surface area contributed by atoms with Gasteiger partial charge in [-0.3, -0.25) is 0 Å². The van der Waals surface area contributed by atoms with Crippen LogP contribution in [0.25, 0.3) is 149 Å². The molecule has 0 saturated heterocycles. The number of para-hydroxylation sites is 2. The molecule has 0 amide bonds. The van der Waals surface area contributed by atoms with Gasteiger partial charge in [0.1, 0.15) is 0 Å². The molecule has 5 heterocycles. The second-order valence-corrected chi connectivity index (χ2v) is 23.4. The maximum absolute atomic E-state index is 2.62. The molecule has 2 aliphatic rings. The summed E-state index contributed by atoms with van der Waals surface area (Å²) in [5.74, 6) is 0. The van der Waals surface area contributed by atoms with Gasteiger partial charge in [0.2, 0.25) is 0 Å². The summed E-state index contributed by atoms with van der Waals surface area (Å²) in [6.45, 7) is 4.57. The summed E-state index contributed by atoms with van der Waals surface area (Å²) in [5.41, 5.74) is 31.8. The SMILES string of the molecule is Cc1cc2c3c(c1)c1ccccc1n3-c1cc(-n3c4cc(-c5cc(-c6ccccc6)cc(-c6ccccc6)c5)ccc4c4ccc(-c5cc(-c6ccccc6)cc(-c6ccccc6)c5)cc43)cc3c1B2c1cc(C)cc2c4ccccc4n-3c12. The van der Waals surface area contributed by atoms with E-state index in [9.17, 15) is 0 Å². The second kappa shape index (κ2) is 17.9. The molecule has 0 radical (unpaired) electrons. The molecule has 3 nitrogen and oxygen atoms in total. The van der Waals surface area contributed by atoms with E-state index in [0.29, 0.717) is 0 Å². The van der Waals surface area contributed by atoms with Gasteiger partial charge < -0.3 is 13.7 Å². The second-order valence-electron chi connectivity index (χ2n) is 23.4. The summed E-state index contributed by atoms with van der Waals surface area (Å²) in [6.07, 6.45) is 0. The van der Waals surface area contributed by atoms with Crippen LogP contribution in [0, 0.1) is 13.8 Å². The lowest BCUT2D eigenvalue weighted by Gasteiger charge is -2.34. The van der Waals surface area contributed by atoms with Crippen molar-refractivity contribution in [2.45, 2.75) is 13.8 Å². The molecule has 16 aromatic rings. The molecule has 0 unspecified atom stereocenters. The molecule has 390 valence electrons. The van der Waals surface area contributed by atoms with Crippen molar-refractivity contribution in [2.75, 3.05) is 0 Å². The van der Waals surface area contributed by atoms with E-state index in [2.05, 4.69) is 307 Å². The zero-order chi connectivity index (χ0) is 55.3. The molecule has 0 aliphatic carbocycles. The number of benzene rings is 13. The van der Waals surface area contributed by atoms with Crippen LogP contribution < -0.4 is 16.4 Å². The third-order valence-corrected chi connectivity index (χ3v) is 18.4. The van der Waals surface area contributed by atoms with Gasteiger partial charge in [0.25, 0.3) is 6.71 Å². The Morgan fingerprint density at radius 1 is 0.238 bits per heavy atom. The molecule has 0 bridgehead atoms. The molecule has 4 heteroatoms. The highest BCUT2D eigenvalue weighted by Crippen LogP contribution is 2.45. The van der Waals surface area contributed by atoms with Crippen LogP contribution in [0.2, 0.25) is 0 Å². The predicted molar refractivity (Wildman–Crippen MR) is 356 cm³/mol. The van der Waals surface area contributed by atoms with Crippen LogP contribution in [0.4, 0.5) is 0 Å². The van der Waals surface area contributed by atoms with Crippen LogP contribution in [-0.2, 0) is 0 Å². The Bertz CT molecular complexity index is 4990. The van der Waals surface area contributed by atoms with Crippen LogP contribution in [0.3, 0.4) is 0 Å². The first kappa shape index (κ1) is 47.0. The maximum Gasteiger partial charge on any atom is 0.252 e. The van der Waals surface area contributed by atoms with Gasteiger partial charge in [0.15, 0.2) is 0 Å². The fourth-order valence-corrected chi connectivity index (χ4v) is 14.8. The van der Waals surface area contributed by atoms with E-state index in [1.165, 1.54) is 149 Å². The third kappa shape index (κ3) is 6.95. The minimum atomic E-state index is 0.0187. The van der Waals surface area contributed by atoms with Crippen molar-refractivity contribution >= 4 is 88.5 Å². The fourth-order valence-electron chi connectivity index (χ4n) is 14.8. The quantitative estimate of drug-likeness (QED) is 0.141. The lowest BCUT2D eigenvalue weighted by Crippen LogP contribution is -2.59. The van der Waals surface area contributed by atoms with E-state index in [0.717, 1.165) is 27.8 Å². The van der Waals surface area contributed by atoms with Crippen LogP contribution >= 0.6 is 0 Å². The Morgan fingerprint density at radius 3 is 0.952 bits per heavy atom. The van der Waals surface area contributed by atoms with E-state index in [4.69, 9.17) is 0 Å². The summed E-state index contributed by atoms with van der Waals surface area (Å²) in [7, 11) is 0. The molecular formula is C80H52BN3. The van der Waals surface area contributed by atoms with Gasteiger partial charge in [-0.05, 0) is 182 Å². The van der Waals surface area contributed by atoms with Crippen LogP contribution in [-0.4, -0.2) is 20.4 Å². The van der Waals surface area contributed by atoms with Crippen molar-refractivity contribution in [3.8, 4) is 83.8 Å². The van der Waals surface area contributed by atoms with Gasteiger partial charge in [0.05, 0.1) is 27.8 Å². The molecule has 3 aromatic heterocycles. The number of nitrogens with zero attached hydrogens (tertiary/aromatic N) is 3. The van der Waals surface area contributed by atoms with Crippen molar-refractivity contribution in [2.24, 2.45) is 0 Å². The van der Waals surface area contributed by atoms with Crippen molar-refractivity contribution in [3.63, 3.8) is 0 Å². The number of hydrogen-bond donors (Lipinski definition) is 0. The van der Waals surface area contributed by atoms with Crippen LogP contribution in [0.1, 0.15) is 11.1 Å². The highest BCUT2D eigenvalue weighted by Gasteiger charge is 2.41. The van der Waals surface area contributed by atoms with Gasteiger partial charge in [-0.1, -0.05) is 205 Å². The monoisotopic (exact) mass is 1070 g/mol. The Morgan fingerprint density at radius 2 is 0.571 bits per heavy atom. The maximum atomic E-state index is 2.62. The Hall–Kier alpha value is -10.7. The fraction of sp³-hybridized carbons (Fsp3) is 0.0250. The molecule has 0 spiro atoms. The first-order valence-corrected chi connectivity index (χ1v) is 29.3. The third-order valence-electron chi connectivity index (χ3n) is 18.4. The summed E-state index contributed by atoms with van der Waals surface area (Å²) in [4.78, 5) is 0. The zero-order valence-electron chi connectivity index (χ0n) is 46.5. The molecule has 84 heavy (non-hydrogen) atoms. The number of aromatic nitrogens is 3. The lowest BCUT2D eigenvalue weighted by molar-refractivity contribution is 1.10. The van der Waals surface area contributed by atoms with E-state index >= 15 is 0 Å². The van der Waals surface area contributed by atoms with Crippen molar-refractivity contribution in [1.82, 2.24) is 13.7 Å². The molecule has 0 N–H and O–H groups in total. The first-order chi connectivity index (χ1) is 41.5. The topological polar surface area (TPSA) is 14.8 Å². The minimum absolute atomic E-state index is 0.0187. The van der Waals surface area contributed by atoms with E-state index in [-0.39, 0.29) is 6.71 Å². The number of hydrogen-bond acceptors (Lipinski definition) is 0. The van der Waals surface area contributed by atoms with Gasteiger partial charge >= 0.3 is 0 Å². The highest BCUT2D eigenvalue weighted by atomic mass is 15.1. The Kier molecular flexibility index (Phi) is 10.0. The summed E-state index contributed by atoms with van der Waals surface area (Å²) in [5, 5.41) is 7.58. The van der Waals surface area contributed by atoms with Crippen molar-refractivity contribution < 1.29 is 0 Å². The van der Waals surface area contributed by atoms with Crippen LogP contribution in [0.5, 0.6) is 0 Å². The van der Waals surface area contributed by atoms with Gasteiger partial charge in [0, 0.05) is 54.7 Å². The van der Waals surface area contributed by atoms with Crippen molar-refractivity contribution in [3.05, 3.63) is 290 Å². The minimum Gasteiger partial charge on any atom is -0.310 e. The predicted octanol–water partition coefficient (Wildman–Crippen LogP) is 18.7. The standard InChI is InChI=1S/C80H52BN3/c1-49-35-68-64-27-15-17-29-72(64)83-76-47-63(48-77-78(76)81(70(37-49)79(68)83)71-38-50(2)36-69-65-28-16-18-30-73(65)84(77)80(69)71)82-74-45-55(61-41-57(51-19-7-3-8-20-51)39-58(42-61)52-21-9-4-10-22-52)31-33-66(74)67-34-32-56(46-75(67)82)62-43-59(53-23-11-5-12-24-53)40-60(44-62)54-25-13-6-14-26-54/h3-48H,1-2H3. The van der Waals surface area contributed by atoms with Gasteiger partial charge in [-0.2, -0.15) is 0 Å². The van der Waals surface area contributed by atoms with E-state index in [1.54, 1.807) is 0 Å². The number of fused-ring (bicyclic) bond motifs is 13. The summed E-state index contributed by atoms with van der Waals surface area (Å²) < 4.78 is 7.84. The average Bonchev–Trinajstić information content (AvgIpc) is 1.46. The van der Waals surface area contributed by atoms with E-state index < -0.39 is 0 Å². The van der Waals surface area contributed by atoms with Crippen LogP contribution in [0.15, 0.2) is 279 Å². The molecule has 18 rings (SSSR count). The molecule has 0 fully saturated rings. The Labute approximate surface area is 487 Å². The largest absolute Gasteiger partial charge is 0.310 e. The number of rotatable bonds is 7. The molecule has 13 aromatic carbocycles. The van der Waals surface area contributed by atoms with Crippen molar-refractivity contribution in [1.29, 1.82) is 0 Å². The number of aryl methyl sites for hydroxylation is 2. The summed E-state index contributed by atoms with van der Waals surface area (Å²) in [6, 6.07) is 105. The molecule has 0 atom stereocenters. The lowest BCUT2D eigenvalue weighted by atomic mass is 9.34. The smallest absolute Gasteiger partial charge is 0.252 e. The molecular weight excluding hydrogens is 1010 g/mol. The summed E-state index contributed by atoms with van der Waals surface area (Å²) >= 11 is 0. The van der Waals surface area contributed by atoms with Gasteiger partial charge in [-0.25, -0.2) is 0 Å². The molecule has 0 saturated carbocycles. The molecule has 2 aliphatic heterocycles. The zero-order valence-corrected chi connectivity index (χ0v) is 46.5.